The summed E-state index contributed by atoms with van der Waals surface area (Å²) >= 11 is 1.40. The van der Waals surface area contributed by atoms with Gasteiger partial charge in [-0.1, -0.05) is 61.9 Å². The molecule has 4 aromatic rings. The Morgan fingerprint density at radius 3 is 2.35 bits per heavy atom. The first-order valence-electron chi connectivity index (χ1n) is 12.6. The number of aromatic nitrogens is 1. The van der Waals surface area contributed by atoms with Gasteiger partial charge in [0.1, 0.15) is 12.4 Å². The van der Waals surface area contributed by atoms with Crippen molar-refractivity contribution < 1.29 is 14.0 Å². The maximum atomic E-state index is 13.7. The Balaban J connectivity index is 1.54. The molecule has 37 heavy (non-hydrogen) atoms. The minimum atomic E-state index is -0.263. The molecule has 2 aromatic carbocycles. The molecule has 7 heteroatoms. The molecular weight excluding hydrogens is 485 g/mol. The first-order chi connectivity index (χ1) is 18.0. The molecule has 4 rings (SSSR count). The minimum Gasteiger partial charge on any atom is -0.345 e. The van der Waals surface area contributed by atoms with Crippen LogP contribution in [0.2, 0.25) is 0 Å². The first kappa shape index (κ1) is 26.4. The third kappa shape index (κ3) is 7.40. The number of benzene rings is 2. The number of unbranched alkanes of at least 4 members (excludes halogenated alkanes) is 1. The standard InChI is InChI=1S/C30H32FN3O2S/c1-2-3-17-33(30(36)28-12-8-19-37-28)23-29(35)34(21-24-9-5-4-6-10-24)22-27-11-7-18-32(27)20-25-13-15-26(31)16-14-25/h4-16,18-19H,2-3,17,20-23H2,1H3. The summed E-state index contributed by atoms with van der Waals surface area (Å²) < 4.78 is 15.4. The van der Waals surface area contributed by atoms with E-state index in [4.69, 9.17) is 0 Å². The largest absolute Gasteiger partial charge is 0.345 e. The van der Waals surface area contributed by atoms with Crippen LogP contribution in [0.25, 0.3) is 0 Å². The molecule has 2 amide bonds. The van der Waals surface area contributed by atoms with E-state index in [1.54, 1.807) is 23.1 Å². The normalized spacial score (nSPS) is 10.9. The molecule has 2 heterocycles. The molecule has 0 N–H and O–H groups in total. The van der Waals surface area contributed by atoms with E-state index >= 15 is 0 Å². The second-order valence-electron chi connectivity index (χ2n) is 9.05. The summed E-state index contributed by atoms with van der Waals surface area (Å²) in [5, 5.41) is 1.88. The Kier molecular flexibility index (Phi) is 9.27. The van der Waals surface area contributed by atoms with E-state index in [1.165, 1.54) is 23.5 Å². The summed E-state index contributed by atoms with van der Waals surface area (Å²) in [6, 6.07) is 24.0. The summed E-state index contributed by atoms with van der Waals surface area (Å²) in [5.74, 6) is -0.462. The molecule has 0 spiro atoms. The number of nitrogens with zero attached hydrogens (tertiary/aromatic N) is 3. The number of carbonyl (C=O) groups excluding carboxylic acids is 2. The van der Waals surface area contributed by atoms with Crippen molar-refractivity contribution in [1.82, 2.24) is 14.4 Å². The van der Waals surface area contributed by atoms with Crippen LogP contribution in [0.5, 0.6) is 0 Å². The predicted molar refractivity (Wildman–Crippen MR) is 146 cm³/mol. The molecule has 0 unspecified atom stereocenters. The quantitative estimate of drug-likeness (QED) is 0.224. The number of thiophene rings is 1. The van der Waals surface area contributed by atoms with Crippen LogP contribution in [0, 0.1) is 5.82 Å². The van der Waals surface area contributed by atoms with Crippen molar-refractivity contribution in [3.05, 3.63) is 118 Å². The van der Waals surface area contributed by atoms with Gasteiger partial charge in [0.05, 0.1) is 11.4 Å². The first-order valence-corrected chi connectivity index (χ1v) is 13.4. The van der Waals surface area contributed by atoms with Gasteiger partial charge < -0.3 is 14.4 Å². The number of halogens is 1. The van der Waals surface area contributed by atoms with Crippen molar-refractivity contribution in [2.24, 2.45) is 0 Å². The summed E-state index contributed by atoms with van der Waals surface area (Å²) in [5.41, 5.74) is 2.97. The molecule has 2 aromatic heterocycles. The Hall–Kier alpha value is -3.71. The third-order valence-electron chi connectivity index (χ3n) is 6.24. The van der Waals surface area contributed by atoms with Crippen LogP contribution >= 0.6 is 11.3 Å². The van der Waals surface area contributed by atoms with Crippen LogP contribution in [0.1, 0.15) is 46.3 Å². The highest BCUT2D eigenvalue weighted by molar-refractivity contribution is 7.12. The molecular formula is C30H32FN3O2S. The summed E-state index contributed by atoms with van der Waals surface area (Å²) in [4.78, 5) is 31.0. The highest BCUT2D eigenvalue weighted by Gasteiger charge is 2.23. The zero-order valence-corrected chi connectivity index (χ0v) is 21.9. The smallest absolute Gasteiger partial charge is 0.264 e. The molecule has 0 fully saturated rings. The fraction of sp³-hybridized carbons (Fsp3) is 0.267. The van der Waals surface area contributed by atoms with Gasteiger partial charge in [-0.25, -0.2) is 4.39 Å². The molecule has 192 valence electrons. The summed E-state index contributed by atoms with van der Waals surface area (Å²) in [7, 11) is 0. The van der Waals surface area contributed by atoms with Crippen LogP contribution in [-0.4, -0.2) is 39.3 Å². The van der Waals surface area contributed by atoms with Crippen LogP contribution in [0.3, 0.4) is 0 Å². The molecule has 0 aliphatic rings. The molecule has 0 aliphatic carbocycles. The van der Waals surface area contributed by atoms with Gasteiger partial charge in [0.2, 0.25) is 5.91 Å². The van der Waals surface area contributed by atoms with Crippen LogP contribution in [0.15, 0.2) is 90.4 Å². The van der Waals surface area contributed by atoms with Gasteiger partial charge in [-0.15, -0.1) is 11.3 Å². The Morgan fingerprint density at radius 1 is 0.865 bits per heavy atom. The van der Waals surface area contributed by atoms with Crippen molar-refractivity contribution in [1.29, 1.82) is 0 Å². The monoisotopic (exact) mass is 517 g/mol. The van der Waals surface area contributed by atoms with E-state index in [2.05, 4.69) is 11.5 Å². The van der Waals surface area contributed by atoms with Gasteiger partial charge in [0.25, 0.3) is 5.91 Å². The summed E-state index contributed by atoms with van der Waals surface area (Å²) in [6.07, 6.45) is 3.74. The molecule has 0 bridgehead atoms. The maximum absolute atomic E-state index is 13.7. The molecule has 0 saturated carbocycles. The van der Waals surface area contributed by atoms with E-state index in [-0.39, 0.29) is 24.2 Å². The van der Waals surface area contributed by atoms with Gasteiger partial charge in [0.15, 0.2) is 0 Å². The van der Waals surface area contributed by atoms with E-state index in [0.29, 0.717) is 31.1 Å². The Bertz CT molecular complexity index is 1270. The fourth-order valence-electron chi connectivity index (χ4n) is 4.19. The van der Waals surface area contributed by atoms with Crippen molar-refractivity contribution in [2.75, 3.05) is 13.1 Å². The van der Waals surface area contributed by atoms with Crippen molar-refractivity contribution in [2.45, 2.75) is 39.4 Å². The minimum absolute atomic E-state index is 0.0300. The van der Waals surface area contributed by atoms with Gasteiger partial charge >= 0.3 is 0 Å². The second kappa shape index (κ2) is 13.0. The molecule has 5 nitrogen and oxygen atoms in total. The van der Waals surface area contributed by atoms with Crippen LogP contribution in [-0.2, 0) is 24.4 Å². The Labute approximate surface area is 221 Å². The molecule has 0 saturated heterocycles. The number of rotatable bonds is 12. The van der Waals surface area contributed by atoms with E-state index in [1.807, 2.05) is 65.0 Å². The predicted octanol–water partition coefficient (Wildman–Crippen LogP) is 6.21. The zero-order chi connectivity index (χ0) is 26.0. The average molecular weight is 518 g/mol. The lowest BCUT2D eigenvalue weighted by molar-refractivity contribution is -0.133. The highest BCUT2D eigenvalue weighted by atomic mass is 32.1. The lowest BCUT2D eigenvalue weighted by Crippen LogP contribution is -2.43. The van der Waals surface area contributed by atoms with Crippen LogP contribution < -0.4 is 0 Å². The average Bonchev–Trinajstić information content (AvgIpc) is 3.60. The number of carbonyl (C=O) groups is 2. The Morgan fingerprint density at radius 2 is 1.65 bits per heavy atom. The SMILES string of the molecule is CCCCN(CC(=O)N(Cc1ccccc1)Cc1cccn1Cc1ccc(F)cc1)C(=O)c1cccs1. The lowest BCUT2D eigenvalue weighted by atomic mass is 10.2. The van der Waals surface area contributed by atoms with Gasteiger partial charge in [-0.05, 0) is 53.3 Å². The number of amides is 2. The number of hydrogen-bond acceptors (Lipinski definition) is 3. The third-order valence-corrected chi connectivity index (χ3v) is 7.10. The van der Waals surface area contributed by atoms with Crippen LogP contribution in [0.4, 0.5) is 4.39 Å². The van der Waals surface area contributed by atoms with E-state index < -0.39 is 0 Å². The molecule has 0 radical (unpaired) electrons. The molecule has 0 atom stereocenters. The van der Waals surface area contributed by atoms with E-state index in [9.17, 15) is 14.0 Å². The number of hydrogen-bond donors (Lipinski definition) is 0. The van der Waals surface area contributed by atoms with E-state index in [0.717, 1.165) is 29.7 Å². The van der Waals surface area contributed by atoms with Gasteiger partial charge in [-0.3, -0.25) is 9.59 Å². The molecule has 0 aliphatic heterocycles. The highest BCUT2D eigenvalue weighted by Crippen LogP contribution is 2.17. The summed E-state index contributed by atoms with van der Waals surface area (Å²) in [6.45, 7) is 4.07. The fourth-order valence-corrected chi connectivity index (χ4v) is 4.88. The van der Waals surface area contributed by atoms with Crippen molar-refractivity contribution in [3.8, 4) is 0 Å². The topological polar surface area (TPSA) is 45.6 Å². The van der Waals surface area contributed by atoms with Gasteiger partial charge in [0, 0.05) is 31.5 Å². The van der Waals surface area contributed by atoms with Crippen molar-refractivity contribution >= 4 is 23.2 Å². The zero-order valence-electron chi connectivity index (χ0n) is 21.1. The maximum Gasteiger partial charge on any atom is 0.264 e. The van der Waals surface area contributed by atoms with Gasteiger partial charge in [-0.2, -0.15) is 0 Å². The second-order valence-corrected chi connectivity index (χ2v) is 9.99. The van der Waals surface area contributed by atoms with Crippen molar-refractivity contribution in [3.63, 3.8) is 0 Å². The lowest BCUT2D eigenvalue weighted by Gasteiger charge is -2.28.